The Morgan fingerprint density at radius 1 is 1.12 bits per heavy atom. The number of hydrogen-bond acceptors (Lipinski definition) is 2. The predicted octanol–water partition coefficient (Wildman–Crippen LogP) is 1.24. The van der Waals surface area contributed by atoms with Gasteiger partial charge in [-0.3, -0.25) is 14.5 Å². The molecule has 24 heavy (non-hydrogen) atoms. The van der Waals surface area contributed by atoms with Gasteiger partial charge in [-0.15, -0.1) is 0 Å². The first-order chi connectivity index (χ1) is 11.6. The Balaban J connectivity index is 1.54. The molecule has 2 N–H and O–H groups in total. The number of nitrogens with two attached hydrogens (primary N) is 1. The Labute approximate surface area is 145 Å². The van der Waals surface area contributed by atoms with Crippen molar-refractivity contribution < 1.29 is 14.9 Å². The van der Waals surface area contributed by atoms with Crippen LogP contribution in [0.4, 0.5) is 5.69 Å². The Morgan fingerprint density at radius 3 is 2.67 bits per heavy atom. The van der Waals surface area contributed by atoms with E-state index in [0.717, 1.165) is 12.2 Å². The fourth-order valence-corrected chi connectivity index (χ4v) is 2.87. The summed E-state index contributed by atoms with van der Waals surface area (Å²) in [6, 6.07) is 17.1. The number of quaternary nitrogens is 1. The molecule has 0 radical (unpaired) electrons. The molecule has 124 valence electrons. The molecule has 2 aromatic rings. The highest BCUT2D eigenvalue weighted by Crippen LogP contribution is 2.22. The number of carbonyl (C=O) groups excluding carboxylic acids is 2. The maximum Gasteiger partial charge on any atom is 0.279 e. The van der Waals surface area contributed by atoms with Gasteiger partial charge in [0.1, 0.15) is 19.8 Å². The molecule has 0 bridgehead atoms. The average molecular weight is 345 g/mol. The lowest BCUT2D eigenvalue weighted by molar-refractivity contribution is -0.660. The van der Waals surface area contributed by atoms with E-state index < -0.39 is 0 Å². The second-order valence-corrected chi connectivity index (χ2v) is 6.15. The van der Waals surface area contributed by atoms with E-state index in [-0.39, 0.29) is 25.0 Å². The summed E-state index contributed by atoms with van der Waals surface area (Å²) in [6.45, 7) is 1.46. The Hall–Kier alpha value is -2.37. The van der Waals surface area contributed by atoms with Gasteiger partial charge < -0.3 is 10.2 Å². The molecule has 0 saturated carbocycles. The zero-order valence-corrected chi connectivity index (χ0v) is 13.9. The maximum absolute atomic E-state index is 12.3. The minimum atomic E-state index is -0.0892. The zero-order chi connectivity index (χ0) is 16.9. The summed E-state index contributed by atoms with van der Waals surface area (Å²) in [4.78, 5) is 27.6. The largest absolute Gasteiger partial charge is 0.335 e. The van der Waals surface area contributed by atoms with Gasteiger partial charge in [-0.1, -0.05) is 48.0 Å². The van der Waals surface area contributed by atoms with Gasteiger partial charge in [0.15, 0.2) is 6.54 Å². The monoisotopic (exact) mass is 344 g/mol. The topological polar surface area (TPSA) is 57.2 Å². The van der Waals surface area contributed by atoms with Crippen LogP contribution < -0.4 is 10.2 Å². The number of hydrogen-bond donors (Lipinski definition) is 1. The van der Waals surface area contributed by atoms with Crippen LogP contribution in [0, 0.1) is 0 Å². The number of rotatable bonds is 5. The lowest BCUT2D eigenvalue weighted by Crippen LogP contribution is -2.85. The van der Waals surface area contributed by atoms with Crippen molar-refractivity contribution in [1.82, 2.24) is 4.90 Å². The fraction of sp³-hybridized carbons (Fsp3) is 0.222. The highest BCUT2D eigenvalue weighted by Gasteiger charge is 2.32. The van der Waals surface area contributed by atoms with E-state index in [1.807, 2.05) is 41.7 Å². The van der Waals surface area contributed by atoms with Gasteiger partial charge in [-0.2, -0.15) is 0 Å². The molecule has 1 saturated heterocycles. The van der Waals surface area contributed by atoms with Crippen molar-refractivity contribution in [2.75, 3.05) is 24.7 Å². The molecule has 0 spiro atoms. The minimum Gasteiger partial charge on any atom is -0.335 e. The Morgan fingerprint density at radius 2 is 1.92 bits per heavy atom. The summed E-state index contributed by atoms with van der Waals surface area (Å²) in [6.07, 6.45) is 0. The second-order valence-electron chi connectivity index (χ2n) is 5.72. The zero-order valence-electron chi connectivity index (χ0n) is 13.2. The molecule has 1 aliphatic heterocycles. The van der Waals surface area contributed by atoms with E-state index in [1.54, 1.807) is 28.0 Å². The number of halogens is 1. The van der Waals surface area contributed by atoms with Gasteiger partial charge in [0.2, 0.25) is 5.91 Å². The third-order valence-corrected chi connectivity index (χ3v) is 4.19. The number of anilines is 1. The van der Waals surface area contributed by atoms with Crippen LogP contribution in [-0.4, -0.2) is 36.5 Å². The molecule has 2 aromatic carbocycles. The molecule has 3 rings (SSSR count). The van der Waals surface area contributed by atoms with Gasteiger partial charge in [0.05, 0.1) is 0 Å². The van der Waals surface area contributed by atoms with Crippen LogP contribution >= 0.6 is 11.6 Å². The van der Waals surface area contributed by atoms with E-state index in [1.165, 1.54) is 5.56 Å². The normalized spacial score (nSPS) is 14.3. The molecule has 6 heteroatoms. The van der Waals surface area contributed by atoms with Crippen LogP contribution in [0.5, 0.6) is 0 Å². The highest BCUT2D eigenvalue weighted by molar-refractivity contribution is 6.30. The molecule has 2 amide bonds. The van der Waals surface area contributed by atoms with Gasteiger partial charge in [0, 0.05) is 16.3 Å². The molecule has 0 atom stereocenters. The number of carbonyl (C=O) groups is 2. The summed E-state index contributed by atoms with van der Waals surface area (Å²) in [5.41, 5.74) is 1.89. The van der Waals surface area contributed by atoms with Crippen molar-refractivity contribution >= 4 is 29.1 Å². The number of benzene rings is 2. The lowest BCUT2D eigenvalue weighted by atomic mass is 10.2. The first-order valence-electron chi connectivity index (χ1n) is 7.83. The Kier molecular flexibility index (Phi) is 5.13. The fourth-order valence-electron chi connectivity index (χ4n) is 2.69. The summed E-state index contributed by atoms with van der Waals surface area (Å²) < 4.78 is 0. The van der Waals surface area contributed by atoms with Crippen LogP contribution in [0.1, 0.15) is 5.56 Å². The molecule has 5 nitrogen and oxygen atoms in total. The van der Waals surface area contributed by atoms with E-state index in [2.05, 4.69) is 0 Å². The number of nitrogens with zero attached hydrogens (tertiary/aromatic N) is 2. The quantitative estimate of drug-likeness (QED) is 0.887. The van der Waals surface area contributed by atoms with Crippen LogP contribution in [-0.2, 0) is 16.1 Å². The van der Waals surface area contributed by atoms with Crippen LogP contribution in [0.3, 0.4) is 0 Å². The molecule has 0 unspecified atom stereocenters. The van der Waals surface area contributed by atoms with Crippen molar-refractivity contribution in [3.8, 4) is 0 Å². The van der Waals surface area contributed by atoms with Crippen LogP contribution in [0.15, 0.2) is 54.6 Å². The molecule has 0 aromatic heterocycles. The van der Waals surface area contributed by atoms with E-state index >= 15 is 0 Å². The maximum atomic E-state index is 12.3. The first-order valence-corrected chi connectivity index (χ1v) is 8.20. The third-order valence-electron chi connectivity index (χ3n) is 3.95. The van der Waals surface area contributed by atoms with E-state index in [0.29, 0.717) is 11.6 Å². The van der Waals surface area contributed by atoms with Gasteiger partial charge in [0.25, 0.3) is 5.91 Å². The first kappa shape index (κ1) is 16.5. The summed E-state index contributed by atoms with van der Waals surface area (Å²) >= 11 is 5.97. The molecular weight excluding hydrogens is 326 g/mol. The lowest BCUT2D eigenvalue weighted by Gasteiger charge is -2.18. The van der Waals surface area contributed by atoms with Gasteiger partial charge >= 0.3 is 0 Å². The number of amides is 2. The summed E-state index contributed by atoms with van der Waals surface area (Å²) in [5.74, 6) is -0.127. The molecule has 1 heterocycles. The summed E-state index contributed by atoms with van der Waals surface area (Å²) in [7, 11) is 0. The minimum absolute atomic E-state index is 0.0381. The molecule has 0 aliphatic carbocycles. The molecule has 1 fully saturated rings. The van der Waals surface area contributed by atoms with Crippen molar-refractivity contribution in [3.63, 3.8) is 0 Å². The molecular formula is C18H19ClN3O2+. The van der Waals surface area contributed by atoms with Gasteiger partial charge in [-0.05, 0) is 18.2 Å². The van der Waals surface area contributed by atoms with Crippen LogP contribution in [0.2, 0.25) is 5.02 Å². The van der Waals surface area contributed by atoms with Crippen molar-refractivity contribution in [1.29, 1.82) is 0 Å². The standard InChI is InChI=1S/C18H18ClN3O2/c19-15-7-4-8-16(9-15)22-13-21(12-18(22)24)17(23)11-20-10-14-5-2-1-3-6-14/h1-9,20H,10-13H2/p+1. The third kappa shape index (κ3) is 3.93. The highest BCUT2D eigenvalue weighted by atomic mass is 35.5. The Bertz CT molecular complexity index is 736. The van der Waals surface area contributed by atoms with Crippen molar-refractivity contribution in [2.24, 2.45) is 0 Å². The van der Waals surface area contributed by atoms with E-state index in [9.17, 15) is 9.59 Å². The SMILES string of the molecule is O=C(C[NH2+]Cc1ccccc1)N1CC(=O)N(c2cccc(Cl)c2)C1. The smallest absolute Gasteiger partial charge is 0.279 e. The summed E-state index contributed by atoms with van der Waals surface area (Å²) in [5, 5.41) is 2.52. The average Bonchev–Trinajstić information content (AvgIpc) is 2.98. The van der Waals surface area contributed by atoms with Crippen LogP contribution in [0.25, 0.3) is 0 Å². The second kappa shape index (κ2) is 7.47. The van der Waals surface area contributed by atoms with E-state index in [4.69, 9.17) is 11.6 Å². The predicted molar refractivity (Wildman–Crippen MR) is 92.5 cm³/mol. The molecule has 1 aliphatic rings. The van der Waals surface area contributed by atoms with Gasteiger partial charge in [-0.25, -0.2) is 0 Å². The van der Waals surface area contributed by atoms with Crippen molar-refractivity contribution in [2.45, 2.75) is 6.54 Å². The van der Waals surface area contributed by atoms with Crippen molar-refractivity contribution in [3.05, 3.63) is 65.2 Å².